The first-order valence-electron chi connectivity index (χ1n) is 6.60. The minimum Gasteiger partial charge on any atom is -0.497 e. The third-order valence-electron chi connectivity index (χ3n) is 3.44. The highest BCUT2D eigenvalue weighted by Gasteiger charge is 2.13. The smallest absolute Gasteiger partial charge is 0.169 e. The number of fused-ring (bicyclic) bond motifs is 1. The number of Topliss-reactive ketones (excluding diaryl/α,β-unsaturated/α-hetero) is 1. The topological polar surface area (TPSA) is 42.1 Å². The van der Waals surface area contributed by atoms with Crippen LogP contribution in [0, 0.1) is 0 Å². The predicted molar refractivity (Wildman–Crippen MR) is 87.0 cm³/mol. The van der Waals surface area contributed by atoms with Crippen molar-refractivity contribution in [3.05, 3.63) is 64.3 Å². The summed E-state index contributed by atoms with van der Waals surface area (Å²) in [7, 11) is 1.62. The van der Waals surface area contributed by atoms with E-state index in [4.69, 9.17) is 4.74 Å². The second-order valence-corrected chi connectivity index (χ2v) is 5.76. The van der Waals surface area contributed by atoms with Crippen molar-refractivity contribution in [1.82, 2.24) is 4.98 Å². The molecule has 0 saturated carbocycles. The van der Waals surface area contributed by atoms with Crippen LogP contribution in [0.2, 0.25) is 0 Å². The highest BCUT2D eigenvalue weighted by atomic mass is 79.9. The van der Waals surface area contributed by atoms with Crippen molar-refractivity contribution in [3.8, 4) is 5.75 Å². The zero-order valence-corrected chi connectivity index (χ0v) is 13.1. The number of ether oxygens (including phenoxy) is 1. The van der Waals surface area contributed by atoms with Gasteiger partial charge in [0.1, 0.15) is 5.75 Å². The number of carbonyl (C=O) groups is 1. The van der Waals surface area contributed by atoms with E-state index in [0.29, 0.717) is 6.42 Å². The van der Waals surface area contributed by atoms with E-state index < -0.39 is 0 Å². The van der Waals surface area contributed by atoms with Gasteiger partial charge in [-0.2, -0.15) is 0 Å². The Morgan fingerprint density at radius 3 is 2.90 bits per heavy atom. The number of nitrogens with one attached hydrogen (secondary N) is 1. The van der Waals surface area contributed by atoms with Crippen LogP contribution in [0.4, 0.5) is 0 Å². The standard InChI is InChI=1S/C17H14BrNO2/c1-21-13-4-2-3-11(7-13)8-17(20)15-10-19-16-9-12(18)5-6-14(15)16/h2-7,9-10,19H,8H2,1H3. The highest BCUT2D eigenvalue weighted by molar-refractivity contribution is 9.10. The minimum atomic E-state index is 0.0943. The van der Waals surface area contributed by atoms with Gasteiger partial charge in [0.25, 0.3) is 0 Å². The number of ketones is 1. The monoisotopic (exact) mass is 343 g/mol. The fraction of sp³-hybridized carbons (Fsp3) is 0.118. The van der Waals surface area contributed by atoms with Gasteiger partial charge in [-0.1, -0.05) is 34.1 Å². The van der Waals surface area contributed by atoms with Crippen LogP contribution in [0.3, 0.4) is 0 Å². The maximum atomic E-state index is 12.5. The molecule has 3 nitrogen and oxygen atoms in total. The molecule has 0 unspecified atom stereocenters. The molecule has 3 rings (SSSR count). The van der Waals surface area contributed by atoms with E-state index in [1.54, 1.807) is 13.3 Å². The molecule has 1 N–H and O–H groups in total. The number of aromatic amines is 1. The lowest BCUT2D eigenvalue weighted by Gasteiger charge is -2.04. The maximum Gasteiger partial charge on any atom is 0.169 e. The van der Waals surface area contributed by atoms with Crippen LogP contribution in [-0.4, -0.2) is 17.9 Å². The third kappa shape index (κ3) is 2.85. The Morgan fingerprint density at radius 1 is 1.24 bits per heavy atom. The summed E-state index contributed by atoms with van der Waals surface area (Å²) < 4.78 is 6.18. The molecule has 0 fully saturated rings. The van der Waals surface area contributed by atoms with E-state index in [2.05, 4.69) is 20.9 Å². The average Bonchev–Trinajstić information content (AvgIpc) is 2.90. The number of rotatable bonds is 4. The minimum absolute atomic E-state index is 0.0943. The van der Waals surface area contributed by atoms with Crippen molar-refractivity contribution < 1.29 is 9.53 Å². The van der Waals surface area contributed by atoms with E-state index in [1.807, 2.05) is 42.5 Å². The van der Waals surface area contributed by atoms with Gasteiger partial charge in [-0.3, -0.25) is 4.79 Å². The van der Waals surface area contributed by atoms with Gasteiger partial charge in [0, 0.05) is 33.6 Å². The van der Waals surface area contributed by atoms with Crippen LogP contribution in [-0.2, 0) is 6.42 Å². The summed E-state index contributed by atoms with van der Waals surface area (Å²) in [6, 6.07) is 13.5. The fourth-order valence-electron chi connectivity index (χ4n) is 2.39. The molecule has 1 heterocycles. The zero-order chi connectivity index (χ0) is 14.8. The zero-order valence-electron chi connectivity index (χ0n) is 11.5. The molecule has 0 bridgehead atoms. The molecule has 106 valence electrons. The Bertz CT molecular complexity index is 807. The summed E-state index contributed by atoms with van der Waals surface area (Å²) in [5, 5.41) is 0.950. The first kappa shape index (κ1) is 13.9. The molecule has 0 spiro atoms. The van der Waals surface area contributed by atoms with Gasteiger partial charge in [0.15, 0.2) is 5.78 Å². The average molecular weight is 344 g/mol. The summed E-state index contributed by atoms with van der Waals surface area (Å²) in [6.07, 6.45) is 2.14. The molecule has 0 aliphatic carbocycles. The normalized spacial score (nSPS) is 10.8. The summed E-state index contributed by atoms with van der Waals surface area (Å²) in [5.74, 6) is 0.861. The lowest BCUT2D eigenvalue weighted by molar-refractivity contribution is 0.0994. The fourth-order valence-corrected chi connectivity index (χ4v) is 2.75. The van der Waals surface area contributed by atoms with Crippen molar-refractivity contribution in [2.24, 2.45) is 0 Å². The Labute approximate surface area is 131 Å². The molecular weight excluding hydrogens is 330 g/mol. The summed E-state index contributed by atoms with van der Waals surface area (Å²) in [6.45, 7) is 0. The molecule has 0 amide bonds. The van der Waals surface area contributed by atoms with Gasteiger partial charge in [-0.05, 0) is 29.8 Å². The van der Waals surface area contributed by atoms with E-state index in [9.17, 15) is 4.79 Å². The third-order valence-corrected chi connectivity index (χ3v) is 3.94. The van der Waals surface area contributed by atoms with Gasteiger partial charge in [-0.15, -0.1) is 0 Å². The number of H-pyrrole nitrogens is 1. The number of halogens is 1. The molecule has 0 aliphatic heterocycles. The Balaban J connectivity index is 1.90. The van der Waals surface area contributed by atoms with E-state index >= 15 is 0 Å². The number of methoxy groups -OCH3 is 1. The van der Waals surface area contributed by atoms with Crippen LogP contribution < -0.4 is 4.74 Å². The Morgan fingerprint density at radius 2 is 2.10 bits per heavy atom. The van der Waals surface area contributed by atoms with Crippen molar-refractivity contribution >= 4 is 32.6 Å². The van der Waals surface area contributed by atoms with Crippen molar-refractivity contribution in [1.29, 1.82) is 0 Å². The van der Waals surface area contributed by atoms with Crippen LogP contribution in [0.15, 0.2) is 53.1 Å². The van der Waals surface area contributed by atoms with Crippen molar-refractivity contribution in [2.45, 2.75) is 6.42 Å². The molecule has 2 aromatic carbocycles. The first-order valence-corrected chi connectivity index (χ1v) is 7.39. The SMILES string of the molecule is COc1cccc(CC(=O)c2c[nH]c3cc(Br)ccc23)c1. The number of benzene rings is 2. The largest absolute Gasteiger partial charge is 0.497 e. The predicted octanol–water partition coefficient (Wildman–Crippen LogP) is 4.36. The van der Waals surface area contributed by atoms with E-state index in [-0.39, 0.29) is 5.78 Å². The summed E-state index contributed by atoms with van der Waals surface area (Å²) >= 11 is 3.43. The molecule has 1 aromatic heterocycles. The number of carbonyl (C=O) groups excluding carboxylic acids is 1. The number of hydrogen-bond acceptors (Lipinski definition) is 2. The van der Waals surface area contributed by atoms with Crippen LogP contribution in [0.25, 0.3) is 10.9 Å². The molecule has 0 aliphatic rings. The molecule has 0 saturated heterocycles. The highest BCUT2D eigenvalue weighted by Crippen LogP contribution is 2.24. The lowest BCUT2D eigenvalue weighted by Crippen LogP contribution is -2.02. The van der Waals surface area contributed by atoms with Crippen LogP contribution in [0.5, 0.6) is 5.75 Å². The summed E-state index contributed by atoms with van der Waals surface area (Å²) in [5.41, 5.74) is 2.63. The second kappa shape index (κ2) is 5.74. The van der Waals surface area contributed by atoms with E-state index in [0.717, 1.165) is 32.3 Å². The van der Waals surface area contributed by atoms with E-state index in [1.165, 1.54) is 0 Å². The van der Waals surface area contributed by atoms with Crippen LogP contribution in [0.1, 0.15) is 15.9 Å². The molecule has 0 atom stereocenters. The molecule has 3 aromatic rings. The number of aromatic nitrogens is 1. The Kier molecular flexibility index (Phi) is 3.80. The van der Waals surface area contributed by atoms with Gasteiger partial charge in [0.05, 0.1) is 7.11 Å². The van der Waals surface area contributed by atoms with Gasteiger partial charge in [-0.25, -0.2) is 0 Å². The number of hydrogen-bond donors (Lipinski definition) is 1. The molecular formula is C17H14BrNO2. The Hall–Kier alpha value is -2.07. The first-order chi connectivity index (χ1) is 10.2. The van der Waals surface area contributed by atoms with Crippen LogP contribution >= 0.6 is 15.9 Å². The van der Waals surface area contributed by atoms with Gasteiger partial charge < -0.3 is 9.72 Å². The lowest BCUT2D eigenvalue weighted by atomic mass is 10.0. The quantitative estimate of drug-likeness (QED) is 0.715. The molecule has 21 heavy (non-hydrogen) atoms. The maximum absolute atomic E-state index is 12.5. The van der Waals surface area contributed by atoms with Crippen molar-refractivity contribution in [3.63, 3.8) is 0 Å². The molecule has 0 radical (unpaired) electrons. The van der Waals surface area contributed by atoms with Gasteiger partial charge in [0.2, 0.25) is 0 Å². The second-order valence-electron chi connectivity index (χ2n) is 4.84. The summed E-state index contributed by atoms with van der Waals surface area (Å²) in [4.78, 5) is 15.6. The molecule has 4 heteroatoms. The van der Waals surface area contributed by atoms with Crippen molar-refractivity contribution in [2.75, 3.05) is 7.11 Å². The van der Waals surface area contributed by atoms with Gasteiger partial charge >= 0.3 is 0 Å².